The molecule has 178 valence electrons. The third kappa shape index (κ3) is 6.44. The lowest BCUT2D eigenvalue weighted by Crippen LogP contribution is -2.56. The first-order chi connectivity index (χ1) is 16.3. The van der Waals surface area contributed by atoms with Crippen LogP contribution in [0.25, 0.3) is 0 Å². The minimum Gasteiger partial charge on any atom is -0.426 e. The zero-order chi connectivity index (χ0) is 24.7. The Kier molecular flexibility index (Phi) is 8.82. The van der Waals surface area contributed by atoms with Gasteiger partial charge in [-0.15, -0.1) is 0 Å². The molecule has 0 aromatic heterocycles. The molecule has 1 heterocycles. The summed E-state index contributed by atoms with van der Waals surface area (Å²) in [6.45, 7) is 0.479. The Morgan fingerprint density at radius 1 is 1.15 bits per heavy atom. The van der Waals surface area contributed by atoms with Gasteiger partial charge in [-0.2, -0.15) is 5.26 Å². The number of nitrogens with zero attached hydrogens (tertiary/aromatic N) is 3. The smallest absolute Gasteiger partial charge is 0.426 e. The van der Waals surface area contributed by atoms with Crippen LogP contribution in [0, 0.1) is 11.3 Å². The second-order valence-corrected chi connectivity index (χ2v) is 8.90. The second kappa shape index (κ2) is 11.8. The van der Waals surface area contributed by atoms with E-state index in [0.29, 0.717) is 36.9 Å². The minimum absolute atomic E-state index is 0.116. The molecule has 0 unspecified atom stereocenters. The van der Waals surface area contributed by atoms with E-state index in [-0.39, 0.29) is 12.3 Å². The van der Waals surface area contributed by atoms with Gasteiger partial charge < -0.3 is 20.3 Å². The molecular formula is C25H31BN4O4. The first-order valence-corrected chi connectivity index (χ1v) is 11.5. The van der Waals surface area contributed by atoms with Gasteiger partial charge in [-0.05, 0) is 63.0 Å². The predicted octanol–water partition coefficient (Wildman–Crippen LogP) is 0.761. The molecule has 2 aromatic rings. The Morgan fingerprint density at radius 3 is 2.50 bits per heavy atom. The maximum Gasteiger partial charge on any atom is 0.475 e. The molecule has 3 rings (SSSR count). The number of hydrogen-bond donors (Lipinski definition) is 3. The van der Waals surface area contributed by atoms with Crippen molar-refractivity contribution in [1.29, 1.82) is 5.26 Å². The highest BCUT2D eigenvalue weighted by Crippen LogP contribution is 2.21. The average Bonchev–Trinajstić information content (AvgIpc) is 3.32. The van der Waals surface area contributed by atoms with Crippen molar-refractivity contribution in [2.75, 3.05) is 20.6 Å². The van der Waals surface area contributed by atoms with Crippen LogP contribution in [0.2, 0.25) is 0 Å². The number of carbonyl (C=O) groups excluding carboxylic acids is 2. The van der Waals surface area contributed by atoms with Crippen LogP contribution in [0.4, 0.5) is 0 Å². The fourth-order valence-corrected chi connectivity index (χ4v) is 4.35. The van der Waals surface area contributed by atoms with Gasteiger partial charge in [0.2, 0.25) is 11.8 Å². The molecule has 3 N–H and O–H groups in total. The van der Waals surface area contributed by atoms with Gasteiger partial charge in [0, 0.05) is 6.54 Å². The summed E-state index contributed by atoms with van der Waals surface area (Å²) in [7, 11) is 1.92. The van der Waals surface area contributed by atoms with Gasteiger partial charge in [0.25, 0.3) is 0 Å². The lowest BCUT2D eigenvalue weighted by atomic mass is 9.75. The molecule has 1 fully saturated rings. The third-order valence-corrected chi connectivity index (χ3v) is 6.22. The number of likely N-dealkylation sites (tertiary alicyclic amines) is 1. The van der Waals surface area contributed by atoms with Crippen molar-refractivity contribution < 1.29 is 19.6 Å². The quantitative estimate of drug-likeness (QED) is 0.474. The van der Waals surface area contributed by atoms with Crippen molar-refractivity contribution in [1.82, 2.24) is 15.1 Å². The van der Waals surface area contributed by atoms with Gasteiger partial charge in [-0.1, -0.05) is 42.5 Å². The highest BCUT2D eigenvalue weighted by Gasteiger charge is 2.39. The lowest BCUT2D eigenvalue weighted by molar-refractivity contribution is -0.142. The molecule has 0 bridgehead atoms. The van der Waals surface area contributed by atoms with Crippen LogP contribution in [0.15, 0.2) is 54.6 Å². The number of benzene rings is 2. The predicted molar refractivity (Wildman–Crippen MR) is 129 cm³/mol. The van der Waals surface area contributed by atoms with E-state index in [1.54, 1.807) is 29.2 Å². The molecule has 1 saturated heterocycles. The van der Waals surface area contributed by atoms with E-state index in [2.05, 4.69) is 11.4 Å². The first kappa shape index (κ1) is 25.4. The fourth-order valence-electron chi connectivity index (χ4n) is 4.35. The molecule has 2 amide bonds. The van der Waals surface area contributed by atoms with E-state index >= 15 is 0 Å². The highest BCUT2D eigenvalue weighted by molar-refractivity contribution is 6.43. The van der Waals surface area contributed by atoms with Crippen molar-refractivity contribution >= 4 is 18.9 Å². The molecule has 34 heavy (non-hydrogen) atoms. The summed E-state index contributed by atoms with van der Waals surface area (Å²) in [4.78, 5) is 30.1. The van der Waals surface area contributed by atoms with Gasteiger partial charge in [-0.3, -0.25) is 14.5 Å². The van der Waals surface area contributed by atoms with E-state index in [4.69, 9.17) is 5.26 Å². The molecule has 1 aliphatic rings. The number of nitrogens with one attached hydrogen (secondary N) is 1. The Labute approximate surface area is 200 Å². The SMILES string of the molecule is CN(C)[C@H](Cc1ccccc1)C(=O)N1CCC[C@H]1C(=O)N[C@H](Cc1cccc(C#N)c1)B(O)O. The maximum absolute atomic E-state index is 13.5. The molecular weight excluding hydrogens is 431 g/mol. The van der Waals surface area contributed by atoms with Crippen LogP contribution in [0.5, 0.6) is 0 Å². The summed E-state index contributed by atoms with van der Waals surface area (Å²) in [6, 6.07) is 17.5. The number of rotatable bonds is 9. The standard InChI is InChI=1S/C25H31BN4O4/c1-29(2)22(15-18-8-4-3-5-9-18)25(32)30-13-7-12-21(30)24(31)28-23(26(33)34)16-19-10-6-11-20(14-19)17-27/h3-6,8-11,14,21-23,33-34H,7,12-13,15-16H2,1-2H3,(H,28,31)/t21-,22+,23+/m0/s1. The fraction of sp³-hybridized carbons (Fsp3) is 0.400. The molecule has 9 heteroatoms. The number of carbonyl (C=O) groups is 2. The monoisotopic (exact) mass is 462 g/mol. The van der Waals surface area contributed by atoms with Crippen LogP contribution >= 0.6 is 0 Å². The van der Waals surface area contributed by atoms with Crippen molar-refractivity contribution in [3.8, 4) is 6.07 Å². The number of hydrogen-bond acceptors (Lipinski definition) is 6. The van der Waals surface area contributed by atoms with E-state index in [0.717, 1.165) is 5.56 Å². The molecule has 1 aliphatic heterocycles. The largest absolute Gasteiger partial charge is 0.475 e. The Hall–Kier alpha value is -3.19. The Balaban J connectivity index is 1.71. The van der Waals surface area contributed by atoms with Gasteiger partial charge in [0.1, 0.15) is 6.04 Å². The average molecular weight is 462 g/mol. The molecule has 3 atom stereocenters. The van der Waals surface area contributed by atoms with E-state index in [1.165, 1.54) is 0 Å². The number of amides is 2. The summed E-state index contributed by atoms with van der Waals surface area (Å²) in [5.41, 5.74) is 2.20. The Morgan fingerprint density at radius 2 is 1.85 bits per heavy atom. The van der Waals surface area contributed by atoms with Crippen molar-refractivity contribution in [2.24, 2.45) is 0 Å². The van der Waals surface area contributed by atoms with Crippen molar-refractivity contribution in [3.05, 3.63) is 71.3 Å². The molecule has 0 aliphatic carbocycles. The van der Waals surface area contributed by atoms with Gasteiger partial charge >= 0.3 is 7.12 Å². The topological polar surface area (TPSA) is 117 Å². The van der Waals surface area contributed by atoms with E-state index < -0.39 is 31.1 Å². The highest BCUT2D eigenvalue weighted by atomic mass is 16.4. The summed E-state index contributed by atoms with van der Waals surface area (Å²) in [5.74, 6) is -1.49. The number of likely N-dealkylation sites (N-methyl/N-ethyl adjacent to an activating group) is 1. The van der Waals surface area contributed by atoms with E-state index in [9.17, 15) is 19.6 Å². The minimum atomic E-state index is -1.78. The summed E-state index contributed by atoms with van der Waals surface area (Å²) >= 11 is 0. The van der Waals surface area contributed by atoms with Crippen molar-refractivity contribution in [2.45, 2.75) is 43.7 Å². The summed E-state index contributed by atoms with van der Waals surface area (Å²) in [6.07, 6.45) is 1.89. The first-order valence-electron chi connectivity index (χ1n) is 11.5. The number of nitriles is 1. The maximum atomic E-state index is 13.5. The third-order valence-electron chi connectivity index (χ3n) is 6.22. The van der Waals surface area contributed by atoms with Gasteiger partial charge in [0.15, 0.2) is 0 Å². The molecule has 0 radical (unpaired) electrons. The molecule has 0 saturated carbocycles. The van der Waals surface area contributed by atoms with Crippen LogP contribution in [-0.4, -0.2) is 77.4 Å². The zero-order valence-electron chi connectivity index (χ0n) is 19.6. The zero-order valence-corrected chi connectivity index (χ0v) is 19.6. The summed E-state index contributed by atoms with van der Waals surface area (Å²) in [5, 5.41) is 31.6. The van der Waals surface area contributed by atoms with Crippen LogP contribution in [0.3, 0.4) is 0 Å². The van der Waals surface area contributed by atoms with Gasteiger partial charge in [-0.25, -0.2) is 0 Å². The molecule has 0 spiro atoms. The second-order valence-electron chi connectivity index (χ2n) is 8.90. The lowest BCUT2D eigenvalue weighted by Gasteiger charge is -2.32. The molecule has 2 aromatic carbocycles. The van der Waals surface area contributed by atoms with E-state index in [1.807, 2.05) is 49.3 Å². The van der Waals surface area contributed by atoms with Crippen LogP contribution < -0.4 is 5.32 Å². The summed E-state index contributed by atoms with van der Waals surface area (Å²) < 4.78 is 0. The van der Waals surface area contributed by atoms with Crippen LogP contribution in [-0.2, 0) is 22.4 Å². The van der Waals surface area contributed by atoms with Crippen molar-refractivity contribution in [3.63, 3.8) is 0 Å². The molecule has 8 nitrogen and oxygen atoms in total. The van der Waals surface area contributed by atoms with Gasteiger partial charge in [0.05, 0.1) is 23.6 Å². The normalized spacial score (nSPS) is 17.2. The van der Waals surface area contributed by atoms with Crippen LogP contribution in [0.1, 0.15) is 29.5 Å². The Bertz CT molecular complexity index is 1030.